The van der Waals surface area contributed by atoms with Gasteiger partial charge in [0.2, 0.25) is 0 Å². The van der Waals surface area contributed by atoms with E-state index in [1.165, 1.54) is 5.56 Å². The van der Waals surface area contributed by atoms with Crippen LogP contribution in [0.2, 0.25) is 0 Å². The third kappa shape index (κ3) is 2.86. The molecule has 0 fully saturated rings. The van der Waals surface area contributed by atoms with Crippen LogP contribution in [0.1, 0.15) is 24.0 Å². The standard InChI is InChI=1S/C15H19NO2/c1-4-12-7-8-14(18-12)10-16-15-9-13(17-3)6-5-11(15)2/h5-9,16H,4,10H2,1-3H3. The van der Waals surface area contributed by atoms with Gasteiger partial charge in [0.25, 0.3) is 0 Å². The molecule has 0 unspecified atom stereocenters. The molecular formula is C15H19NO2. The van der Waals surface area contributed by atoms with Crippen molar-refractivity contribution in [1.82, 2.24) is 0 Å². The van der Waals surface area contributed by atoms with Crippen molar-refractivity contribution in [2.24, 2.45) is 0 Å². The predicted molar refractivity (Wildman–Crippen MR) is 73.1 cm³/mol. The number of aryl methyl sites for hydroxylation is 2. The number of anilines is 1. The molecule has 0 aliphatic heterocycles. The predicted octanol–water partition coefficient (Wildman–Crippen LogP) is 3.77. The van der Waals surface area contributed by atoms with Gasteiger partial charge in [0.15, 0.2) is 0 Å². The van der Waals surface area contributed by atoms with E-state index < -0.39 is 0 Å². The fourth-order valence-electron chi connectivity index (χ4n) is 1.81. The second kappa shape index (κ2) is 5.63. The minimum atomic E-state index is 0.688. The minimum absolute atomic E-state index is 0.688. The van der Waals surface area contributed by atoms with Crippen LogP contribution < -0.4 is 10.1 Å². The number of hydrogen-bond acceptors (Lipinski definition) is 3. The van der Waals surface area contributed by atoms with Gasteiger partial charge in [0.05, 0.1) is 13.7 Å². The van der Waals surface area contributed by atoms with Gasteiger partial charge in [-0.15, -0.1) is 0 Å². The molecule has 1 N–H and O–H groups in total. The molecule has 0 aliphatic carbocycles. The Morgan fingerprint density at radius 3 is 2.61 bits per heavy atom. The summed E-state index contributed by atoms with van der Waals surface area (Å²) < 4.78 is 10.9. The van der Waals surface area contributed by atoms with Gasteiger partial charge in [0.1, 0.15) is 17.3 Å². The maximum Gasteiger partial charge on any atom is 0.123 e. The summed E-state index contributed by atoms with van der Waals surface area (Å²) in [5, 5.41) is 3.37. The topological polar surface area (TPSA) is 34.4 Å². The summed E-state index contributed by atoms with van der Waals surface area (Å²) >= 11 is 0. The highest BCUT2D eigenvalue weighted by Gasteiger charge is 2.03. The molecule has 0 bridgehead atoms. The zero-order valence-electron chi connectivity index (χ0n) is 11.1. The van der Waals surface area contributed by atoms with Crippen molar-refractivity contribution in [2.75, 3.05) is 12.4 Å². The lowest BCUT2D eigenvalue weighted by molar-refractivity contribution is 0.415. The van der Waals surface area contributed by atoms with E-state index in [1.54, 1.807) is 7.11 Å². The van der Waals surface area contributed by atoms with Gasteiger partial charge < -0.3 is 14.5 Å². The fraction of sp³-hybridized carbons (Fsp3) is 0.333. The first-order chi connectivity index (χ1) is 8.72. The first-order valence-corrected chi connectivity index (χ1v) is 6.19. The molecule has 1 heterocycles. The summed E-state index contributed by atoms with van der Waals surface area (Å²) in [6, 6.07) is 10.0. The molecule has 3 nitrogen and oxygen atoms in total. The second-order valence-electron chi connectivity index (χ2n) is 4.26. The zero-order chi connectivity index (χ0) is 13.0. The van der Waals surface area contributed by atoms with E-state index in [-0.39, 0.29) is 0 Å². The normalized spacial score (nSPS) is 10.4. The van der Waals surface area contributed by atoms with Gasteiger partial charge in [-0.3, -0.25) is 0 Å². The monoisotopic (exact) mass is 245 g/mol. The highest BCUT2D eigenvalue weighted by atomic mass is 16.5. The lowest BCUT2D eigenvalue weighted by atomic mass is 10.2. The summed E-state index contributed by atoms with van der Waals surface area (Å²) in [7, 11) is 1.68. The fourth-order valence-corrected chi connectivity index (χ4v) is 1.81. The van der Waals surface area contributed by atoms with Gasteiger partial charge in [-0.25, -0.2) is 0 Å². The van der Waals surface area contributed by atoms with Crippen molar-refractivity contribution in [3.05, 3.63) is 47.4 Å². The van der Waals surface area contributed by atoms with E-state index in [0.717, 1.165) is 29.4 Å². The largest absolute Gasteiger partial charge is 0.497 e. The first-order valence-electron chi connectivity index (χ1n) is 6.19. The highest BCUT2D eigenvalue weighted by Crippen LogP contribution is 2.22. The second-order valence-corrected chi connectivity index (χ2v) is 4.26. The van der Waals surface area contributed by atoms with Gasteiger partial charge >= 0.3 is 0 Å². The Hall–Kier alpha value is -1.90. The zero-order valence-corrected chi connectivity index (χ0v) is 11.1. The molecule has 2 aromatic rings. The maximum absolute atomic E-state index is 5.66. The Labute approximate surface area is 108 Å². The molecule has 18 heavy (non-hydrogen) atoms. The number of nitrogens with one attached hydrogen (secondary N) is 1. The lowest BCUT2D eigenvalue weighted by Gasteiger charge is -2.10. The van der Waals surface area contributed by atoms with Crippen LogP contribution in [0.25, 0.3) is 0 Å². The summed E-state index contributed by atoms with van der Waals surface area (Å²) in [6.07, 6.45) is 0.929. The molecule has 0 radical (unpaired) electrons. The molecule has 1 aromatic heterocycles. The molecule has 0 aliphatic rings. The van der Waals surface area contributed by atoms with E-state index in [4.69, 9.17) is 9.15 Å². The molecule has 1 aromatic carbocycles. The molecule has 96 valence electrons. The molecule has 0 saturated heterocycles. The van der Waals surface area contributed by atoms with Crippen molar-refractivity contribution < 1.29 is 9.15 Å². The summed E-state index contributed by atoms with van der Waals surface area (Å²) in [5.41, 5.74) is 2.27. The van der Waals surface area contributed by atoms with E-state index in [0.29, 0.717) is 6.54 Å². The van der Waals surface area contributed by atoms with Crippen LogP contribution in [0.15, 0.2) is 34.7 Å². The van der Waals surface area contributed by atoms with Crippen molar-refractivity contribution in [3.63, 3.8) is 0 Å². The van der Waals surface area contributed by atoms with Gasteiger partial charge in [-0.2, -0.15) is 0 Å². The Kier molecular flexibility index (Phi) is 3.92. The molecule has 0 saturated carbocycles. The Bertz CT molecular complexity index is 517. The average molecular weight is 245 g/mol. The van der Waals surface area contributed by atoms with Crippen LogP contribution in [0.3, 0.4) is 0 Å². The SMILES string of the molecule is CCc1ccc(CNc2cc(OC)ccc2C)o1. The van der Waals surface area contributed by atoms with Crippen LogP contribution in [0, 0.1) is 6.92 Å². The van der Waals surface area contributed by atoms with Crippen LogP contribution in [0.5, 0.6) is 5.75 Å². The number of furan rings is 1. The molecule has 0 spiro atoms. The van der Waals surface area contributed by atoms with Gasteiger partial charge in [-0.05, 0) is 30.7 Å². The number of benzene rings is 1. The molecule has 3 heteroatoms. The molecular weight excluding hydrogens is 226 g/mol. The molecule has 0 atom stereocenters. The third-order valence-electron chi connectivity index (χ3n) is 2.96. The highest BCUT2D eigenvalue weighted by molar-refractivity contribution is 5.54. The minimum Gasteiger partial charge on any atom is -0.497 e. The quantitative estimate of drug-likeness (QED) is 0.870. The van der Waals surface area contributed by atoms with Crippen LogP contribution in [0.4, 0.5) is 5.69 Å². The van der Waals surface area contributed by atoms with Crippen molar-refractivity contribution in [3.8, 4) is 5.75 Å². The Balaban J connectivity index is 2.05. The van der Waals surface area contributed by atoms with Crippen LogP contribution >= 0.6 is 0 Å². The number of rotatable bonds is 5. The number of methoxy groups -OCH3 is 1. The summed E-state index contributed by atoms with van der Waals surface area (Å²) in [4.78, 5) is 0. The summed E-state index contributed by atoms with van der Waals surface area (Å²) in [5.74, 6) is 2.83. The number of ether oxygens (including phenoxy) is 1. The summed E-state index contributed by atoms with van der Waals surface area (Å²) in [6.45, 7) is 4.84. The van der Waals surface area contributed by atoms with Crippen molar-refractivity contribution in [1.29, 1.82) is 0 Å². The van der Waals surface area contributed by atoms with Gasteiger partial charge in [0, 0.05) is 18.2 Å². The Morgan fingerprint density at radius 2 is 1.94 bits per heavy atom. The van der Waals surface area contributed by atoms with E-state index in [9.17, 15) is 0 Å². The van der Waals surface area contributed by atoms with Crippen LogP contribution in [-0.2, 0) is 13.0 Å². The van der Waals surface area contributed by atoms with Gasteiger partial charge in [-0.1, -0.05) is 13.0 Å². The van der Waals surface area contributed by atoms with Crippen LogP contribution in [-0.4, -0.2) is 7.11 Å². The molecule has 0 amide bonds. The molecule has 2 rings (SSSR count). The van der Waals surface area contributed by atoms with Crippen molar-refractivity contribution in [2.45, 2.75) is 26.8 Å². The van der Waals surface area contributed by atoms with E-state index >= 15 is 0 Å². The van der Waals surface area contributed by atoms with E-state index in [2.05, 4.69) is 19.2 Å². The Morgan fingerprint density at radius 1 is 1.17 bits per heavy atom. The van der Waals surface area contributed by atoms with Crippen molar-refractivity contribution >= 4 is 5.69 Å². The smallest absolute Gasteiger partial charge is 0.123 e. The maximum atomic E-state index is 5.66. The first kappa shape index (κ1) is 12.6. The lowest BCUT2D eigenvalue weighted by Crippen LogP contribution is -2.00. The third-order valence-corrected chi connectivity index (χ3v) is 2.96. The average Bonchev–Trinajstić information content (AvgIpc) is 2.86. The number of hydrogen-bond donors (Lipinski definition) is 1. The van der Waals surface area contributed by atoms with E-state index in [1.807, 2.05) is 30.3 Å².